The maximum atomic E-state index is 12.1. The topological polar surface area (TPSA) is 59.1 Å². The fraction of sp³-hybridized carbons (Fsp3) is 0.545. The molecular formula is C11H17ClN2O2S. The van der Waals surface area contributed by atoms with Crippen molar-refractivity contribution in [2.75, 3.05) is 13.1 Å². The largest absolute Gasteiger partial charge is 0.315 e. The Bertz CT molecular complexity index is 430. The zero-order valence-corrected chi connectivity index (χ0v) is 11.1. The van der Waals surface area contributed by atoms with Crippen LogP contribution in [0, 0.1) is 0 Å². The first kappa shape index (κ1) is 14.4. The molecule has 2 heterocycles. The standard InChI is InChI=1S/C11H16N2O2S.ClH/c14-16(15,11-2-1-5-13-8-11)9-10-3-6-12-7-4-10;/h3-4,6-7,11,13H,1-2,5,8-9H2;1H. The molecule has 1 N–H and O–H groups in total. The van der Waals surface area contributed by atoms with Gasteiger partial charge in [0, 0.05) is 18.9 Å². The SMILES string of the molecule is Cl.O=S(=O)(Cc1ccncc1)C1CCCNC1. The number of piperidine rings is 1. The zero-order chi connectivity index (χ0) is 11.4. The Hall–Kier alpha value is -0.650. The van der Waals surface area contributed by atoms with Gasteiger partial charge in [-0.25, -0.2) is 8.42 Å². The molecule has 0 bridgehead atoms. The normalized spacial score (nSPS) is 20.6. The highest BCUT2D eigenvalue weighted by Gasteiger charge is 2.27. The molecule has 96 valence electrons. The van der Waals surface area contributed by atoms with E-state index in [2.05, 4.69) is 10.3 Å². The van der Waals surface area contributed by atoms with Crippen LogP contribution in [0.2, 0.25) is 0 Å². The van der Waals surface area contributed by atoms with Gasteiger partial charge in [-0.2, -0.15) is 0 Å². The van der Waals surface area contributed by atoms with Gasteiger partial charge in [-0.1, -0.05) is 0 Å². The van der Waals surface area contributed by atoms with Gasteiger partial charge in [0.05, 0.1) is 11.0 Å². The highest BCUT2D eigenvalue weighted by atomic mass is 35.5. The van der Waals surface area contributed by atoms with E-state index < -0.39 is 9.84 Å². The Morgan fingerprint density at radius 2 is 2.06 bits per heavy atom. The molecule has 1 aliphatic heterocycles. The third-order valence-corrected chi connectivity index (χ3v) is 5.03. The van der Waals surface area contributed by atoms with E-state index in [1.807, 2.05) is 0 Å². The van der Waals surface area contributed by atoms with E-state index in [9.17, 15) is 8.42 Å². The molecule has 17 heavy (non-hydrogen) atoms. The van der Waals surface area contributed by atoms with Crippen molar-refractivity contribution in [1.82, 2.24) is 10.3 Å². The Morgan fingerprint density at radius 1 is 1.35 bits per heavy atom. The van der Waals surface area contributed by atoms with Crippen LogP contribution in [0.4, 0.5) is 0 Å². The van der Waals surface area contributed by atoms with Crippen molar-refractivity contribution in [2.45, 2.75) is 23.8 Å². The second-order valence-electron chi connectivity index (χ2n) is 4.13. The summed E-state index contributed by atoms with van der Waals surface area (Å²) in [7, 11) is -3.03. The highest BCUT2D eigenvalue weighted by Crippen LogP contribution is 2.16. The van der Waals surface area contributed by atoms with Gasteiger partial charge in [-0.05, 0) is 37.1 Å². The Balaban J connectivity index is 0.00000144. The number of hydrogen-bond donors (Lipinski definition) is 1. The van der Waals surface area contributed by atoms with Crippen LogP contribution >= 0.6 is 12.4 Å². The van der Waals surface area contributed by atoms with Crippen molar-refractivity contribution in [3.63, 3.8) is 0 Å². The lowest BCUT2D eigenvalue weighted by Crippen LogP contribution is -2.39. The van der Waals surface area contributed by atoms with Crippen molar-refractivity contribution in [3.8, 4) is 0 Å². The van der Waals surface area contributed by atoms with Gasteiger partial charge < -0.3 is 5.32 Å². The first-order valence-corrected chi connectivity index (χ1v) is 7.21. The minimum atomic E-state index is -3.03. The molecule has 2 rings (SSSR count). The molecule has 0 spiro atoms. The number of nitrogens with one attached hydrogen (secondary N) is 1. The van der Waals surface area contributed by atoms with Gasteiger partial charge in [0.2, 0.25) is 0 Å². The van der Waals surface area contributed by atoms with Crippen LogP contribution in [0.3, 0.4) is 0 Å². The Labute approximate surface area is 108 Å². The van der Waals surface area contributed by atoms with E-state index in [-0.39, 0.29) is 23.4 Å². The second-order valence-corrected chi connectivity index (χ2v) is 6.41. The van der Waals surface area contributed by atoms with E-state index in [4.69, 9.17) is 0 Å². The van der Waals surface area contributed by atoms with E-state index in [1.54, 1.807) is 24.5 Å². The molecule has 1 unspecified atom stereocenters. The summed E-state index contributed by atoms with van der Waals surface area (Å²) in [5.74, 6) is 0.127. The Kier molecular flexibility index (Phi) is 5.36. The van der Waals surface area contributed by atoms with Gasteiger partial charge in [0.15, 0.2) is 9.84 Å². The van der Waals surface area contributed by atoms with Crippen LogP contribution in [-0.2, 0) is 15.6 Å². The summed E-state index contributed by atoms with van der Waals surface area (Å²) < 4.78 is 24.2. The van der Waals surface area contributed by atoms with Crippen molar-refractivity contribution >= 4 is 22.2 Å². The van der Waals surface area contributed by atoms with E-state index in [0.29, 0.717) is 6.54 Å². The van der Waals surface area contributed by atoms with Gasteiger partial charge in [-0.3, -0.25) is 4.98 Å². The maximum absolute atomic E-state index is 12.1. The van der Waals surface area contributed by atoms with Crippen LogP contribution in [0.1, 0.15) is 18.4 Å². The molecule has 4 nitrogen and oxygen atoms in total. The molecule has 1 aromatic heterocycles. The smallest absolute Gasteiger partial charge is 0.158 e. The number of halogens is 1. The van der Waals surface area contributed by atoms with Crippen LogP contribution in [0.15, 0.2) is 24.5 Å². The van der Waals surface area contributed by atoms with Gasteiger partial charge in [0.25, 0.3) is 0 Å². The quantitative estimate of drug-likeness (QED) is 0.900. The lowest BCUT2D eigenvalue weighted by atomic mass is 10.2. The molecule has 0 saturated carbocycles. The number of hydrogen-bond acceptors (Lipinski definition) is 4. The van der Waals surface area contributed by atoms with E-state index in [0.717, 1.165) is 24.9 Å². The van der Waals surface area contributed by atoms with Gasteiger partial charge >= 0.3 is 0 Å². The summed E-state index contributed by atoms with van der Waals surface area (Å²) >= 11 is 0. The molecular weight excluding hydrogens is 260 g/mol. The number of aromatic nitrogens is 1. The fourth-order valence-electron chi connectivity index (χ4n) is 1.96. The lowest BCUT2D eigenvalue weighted by molar-refractivity contribution is 0.496. The van der Waals surface area contributed by atoms with Crippen molar-refractivity contribution in [3.05, 3.63) is 30.1 Å². The first-order chi connectivity index (χ1) is 7.68. The van der Waals surface area contributed by atoms with E-state index >= 15 is 0 Å². The number of nitrogens with zero attached hydrogens (tertiary/aromatic N) is 1. The fourth-order valence-corrected chi connectivity index (χ4v) is 3.75. The summed E-state index contributed by atoms with van der Waals surface area (Å²) in [5.41, 5.74) is 0.820. The number of sulfone groups is 1. The third kappa shape index (κ3) is 3.94. The van der Waals surface area contributed by atoms with Crippen LogP contribution in [0.25, 0.3) is 0 Å². The molecule has 1 aromatic rings. The summed E-state index contributed by atoms with van der Waals surface area (Å²) in [6, 6.07) is 3.52. The predicted molar refractivity (Wildman–Crippen MR) is 70.0 cm³/mol. The Morgan fingerprint density at radius 3 is 2.65 bits per heavy atom. The summed E-state index contributed by atoms with van der Waals surface area (Å²) in [6.07, 6.45) is 4.98. The van der Waals surface area contributed by atoms with Crippen molar-refractivity contribution in [2.24, 2.45) is 0 Å². The third-order valence-electron chi connectivity index (χ3n) is 2.88. The zero-order valence-electron chi connectivity index (χ0n) is 9.50. The molecule has 0 radical (unpaired) electrons. The van der Waals surface area contributed by atoms with E-state index in [1.165, 1.54) is 0 Å². The molecule has 1 atom stereocenters. The summed E-state index contributed by atoms with van der Waals surface area (Å²) in [4.78, 5) is 3.88. The van der Waals surface area contributed by atoms with Crippen LogP contribution in [-0.4, -0.2) is 31.7 Å². The maximum Gasteiger partial charge on any atom is 0.158 e. The monoisotopic (exact) mass is 276 g/mol. The van der Waals surface area contributed by atoms with Crippen LogP contribution < -0.4 is 5.32 Å². The van der Waals surface area contributed by atoms with Crippen LogP contribution in [0.5, 0.6) is 0 Å². The number of pyridine rings is 1. The highest BCUT2D eigenvalue weighted by molar-refractivity contribution is 7.91. The predicted octanol–water partition coefficient (Wildman–Crippen LogP) is 1.17. The second kappa shape index (κ2) is 6.33. The molecule has 1 saturated heterocycles. The summed E-state index contributed by atoms with van der Waals surface area (Å²) in [6.45, 7) is 1.52. The average Bonchev–Trinajstić information content (AvgIpc) is 2.31. The van der Waals surface area contributed by atoms with Gasteiger partial charge in [-0.15, -0.1) is 12.4 Å². The molecule has 1 aliphatic rings. The van der Waals surface area contributed by atoms with Gasteiger partial charge in [0.1, 0.15) is 0 Å². The lowest BCUT2D eigenvalue weighted by Gasteiger charge is -2.22. The van der Waals surface area contributed by atoms with Crippen molar-refractivity contribution < 1.29 is 8.42 Å². The first-order valence-electron chi connectivity index (χ1n) is 5.50. The number of rotatable bonds is 3. The minimum absolute atomic E-state index is 0. The summed E-state index contributed by atoms with van der Waals surface area (Å²) in [5, 5.41) is 2.91. The molecule has 0 aromatic carbocycles. The van der Waals surface area contributed by atoms with Crippen molar-refractivity contribution in [1.29, 1.82) is 0 Å². The minimum Gasteiger partial charge on any atom is -0.315 e. The molecule has 0 amide bonds. The molecule has 6 heteroatoms. The average molecular weight is 277 g/mol. The molecule has 1 fully saturated rings. The molecule has 0 aliphatic carbocycles.